The van der Waals surface area contributed by atoms with E-state index in [-0.39, 0.29) is 0 Å². The molecule has 0 aliphatic carbocycles. The number of para-hydroxylation sites is 1. The molecule has 1 saturated heterocycles. The molecule has 1 unspecified atom stereocenters. The van der Waals surface area contributed by atoms with E-state index in [4.69, 9.17) is 5.84 Å². The summed E-state index contributed by atoms with van der Waals surface area (Å²) in [5, 5.41) is 1.10. The smallest absolute Gasteiger partial charge is 0.239 e. The van der Waals surface area contributed by atoms with Gasteiger partial charge in [-0.05, 0) is 37.8 Å². The Morgan fingerprint density at radius 1 is 1.30 bits per heavy atom. The lowest BCUT2D eigenvalue weighted by molar-refractivity contribution is 0.448. The van der Waals surface area contributed by atoms with Gasteiger partial charge in [-0.2, -0.15) is 4.98 Å². The summed E-state index contributed by atoms with van der Waals surface area (Å²) in [6, 6.07) is 8.69. The van der Waals surface area contributed by atoms with Gasteiger partial charge in [0.05, 0.1) is 5.52 Å². The van der Waals surface area contributed by atoms with E-state index in [0.717, 1.165) is 29.7 Å². The number of piperidine rings is 1. The Morgan fingerprint density at radius 2 is 2.15 bits per heavy atom. The highest BCUT2D eigenvalue weighted by molar-refractivity contribution is 5.90. The minimum Gasteiger partial charge on any atom is -0.353 e. The monoisotopic (exact) mass is 271 g/mol. The number of nitrogen functional groups attached to an aromatic ring is 1. The lowest BCUT2D eigenvalue weighted by atomic mass is 9.99. The second kappa shape index (κ2) is 5.63. The first-order chi connectivity index (χ1) is 9.83. The Labute approximate surface area is 119 Å². The lowest BCUT2D eigenvalue weighted by Gasteiger charge is -2.36. The van der Waals surface area contributed by atoms with Gasteiger partial charge in [0.1, 0.15) is 5.82 Å². The van der Waals surface area contributed by atoms with Crippen molar-refractivity contribution in [1.29, 1.82) is 0 Å². The molecule has 1 aliphatic rings. The standard InChI is InChI=1S/C15H21N5/c1-2-11-7-5-6-10-20(11)14-12-8-3-4-9-13(12)17-15(18-14)19-16/h3-4,8-9,11H,2,5-7,10,16H2,1H3,(H,17,18,19). The van der Waals surface area contributed by atoms with Gasteiger partial charge in [-0.25, -0.2) is 10.8 Å². The summed E-state index contributed by atoms with van der Waals surface area (Å²) in [6.07, 6.45) is 4.91. The van der Waals surface area contributed by atoms with Gasteiger partial charge in [0.15, 0.2) is 0 Å². The van der Waals surface area contributed by atoms with Crippen molar-refractivity contribution >= 4 is 22.7 Å². The third kappa shape index (κ3) is 2.29. The number of anilines is 2. The maximum absolute atomic E-state index is 5.51. The molecule has 3 N–H and O–H groups in total. The molecule has 0 amide bonds. The van der Waals surface area contributed by atoms with E-state index in [2.05, 4.69) is 33.3 Å². The summed E-state index contributed by atoms with van der Waals surface area (Å²) in [7, 11) is 0. The van der Waals surface area contributed by atoms with Crippen molar-refractivity contribution in [2.75, 3.05) is 16.9 Å². The molecule has 1 aromatic carbocycles. The van der Waals surface area contributed by atoms with Gasteiger partial charge >= 0.3 is 0 Å². The molecule has 0 bridgehead atoms. The van der Waals surface area contributed by atoms with Crippen molar-refractivity contribution in [3.8, 4) is 0 Å². The SMILES string of the molecule is CCC1CCCCN1c1nc(NN)nc2ccccc12. The molecule has 0 radical (unpaired) electrons. The fourth-order valence-electron chi connectivity index (χ4n) is 3.05. The topological polar surface area (TPSA) is 67.1 Å². The average Bonchev–Trinajstić information content (AvgIpc) is 2.53. The van der Waals surface area contributed by atoms with Crippen LogP contribution in [-0.2, 0) is 0 Å². The molecule has 5 nitrogen and oxygen atoms in total. The first-order valence-electron chi connectivity index (χ1n) is 7.33. The third-order valence-corrected chi connectivity index (χ3v) is 4.08. The number of nitrogens with two attached hydrogens (primary N) is 1. The van der Waals surface area contributed by atoms with Crippen LogP contribution in [0.15, 0.2) is 24.3 Å². The first-order valence-corrected chi connectivity index (χ1v) is 7.33. The molecule has 1 aromatic heterocycles. The van der Waals surface area contributed by atoms with Crippen molar-refractivity contribution in [3.63, 3.8) is 0 Å². The zero-order valence-corrected chi connectivity index (χ0v) is 11.8. The summed E-state index contributed by atoms with van der Waals surface area (Å²) >= 11 is 0. The maximum atomic E-state index is 5.51. The molecule has 1 atom stereocenters. The molecule has 1 aliphatic heterocycles. The number of fused-ring (bicyclic) bond motifs is 1. The quantitative estimate of drug-likeness (QED) is 0.663. The van der Waals surface area contributed by atoms with Crippen molar-refractivity contribution in [1.82, 2.24) is 9.97 Å². The number of nitrogens with zero attached hydrogens (tertiary/aromatic N) is 3. The van der Waals surface area contributed by atoms with Crippen LogP contribution in [0.1, 0.15) is 32.6 Å². The highest BCUT2D eigenvalue weighted by Crippen LogP contribution is 2.31. The Hall–Kier alpha value is -1.88. The molecule has 20 heavy (non-hydrogen) atoms. The third-order valence-electron chi connectivity index (χ3n) is 4.08. The van der Waals surface area contributed by atoms with Crippen molar-refractivity contribution in [2.45, 2.75) is 38.6 Å². The van der Waals surface area contributed by atoms with Crippen molar-refractivity contribution in [2.24, 2.45) is 5.84 Å². The molecule has 5 heteroatoms. The number of aromatic nitrogens is 2. The van der Waals surface area contributed by atoms with E-state index in [1.54, 1.807) is 0 Å². The first kappa shape index (κ1) is 13.1. The van der Waals surface area contributed by atoms with Gasteiger partial charge in [0.25, 0.3) is 0 Å². The van der Waals surface area contributed by atoms with Gasteiger partial charge in [-0.3, -0.25) is 5.43 Å². The minimum atomic E-state index is 0.485. The van der Waals surface area contributed by atoms with E-state index in [9.17, 15) is 0 Å². The molecule has 106 valence electrons. The summed E-state index contributed by atoms with van der Waals surface area (Å²) in [6.45, 7) is 3.30. The predicted molar refractivity (Wildman–Crippen MR) is 82.6 cm³/mol. The van der Waals surface area contributed by atoms with Gasteiger partial charge in [0.2, 0.25) is 5.95 Å². The Bertz CT molecular complexity index is 598. The highest BCUT2D eigenvalue weighted by Gasteiger charge is 2.24. The highest BCUT2D eigenvalue weighted by atomic mass is 15.3. The van der Waals surface area contributed by atoms with E-state index < -0.39 is 0 Å². The normalized spacial score (nSPS) is 19.3. The zero-order chi connectivity index (χ0) is 13.9. The van der Waals surface area contributed by atoms with Gasteiger partial charge in [-0.15, -0.1) is 0 Å². The van der Waals surface area contributed by atoms with Crippen LogP contribution in [0, 0.1) is 0 Å². The zero-order valence-electron chi connectivity index (χ0n) is 11.8. The van der Waals surface area contributed by atoms with Crippen molar-refractivity contribution in [3.05, 3.63) is 24.3 Å². The summed E-state index contributed by atoms with van der Waals surface area (Å²) in [4.78, 5) is 11.5. The Morgan fingerprint density at radius 3 is 2.95 bits per heavy atom. The predicted octanol–water partition coefficient (Wildman–Crippen LogP) is 2.68. The van der Waals surface area contributed by atoms with Crippen LogP contribution in [-0.4, -0.2) is 22.6 Å². The van der Waals surface area contributed by atoms with E-state index in [1.807, 2.05) is 18.2 Å². The van der Waals surface area contributed by atoms with Crippen LogP contribution in [0.3, 0.4) is 0 Å². The van der Waals surface area contributed by atoms with Crippen LogP contribution in [0.25, 0.3) is 10.9 Å². The maximum Gasteiger partial charge on any atom is 0.239 e. The summed E-state index contributed by atoms with van der Waals surface area (Å²) in [5.41, 5.74) is 3.52. The summed E-state index contributed by atoms with van der Waals surface area (Å²) in [5.74, 6) is 7.01. The largest absolute Gasteiger partial charge is 0.353 e. The number of rotatable bonds is 3. The lowest BCUT2D eigenvalue weighted by Crippen LogP contribution is -2.40. The Kier molecular flexibility index (Phi) is 3.69. The van der Waals surface area contributed by atoms with E-state index in [1.165, 1.54) is 19.3 Å². The van der Waals surface area contributed by atoms with E-state index in [0.29, 0.717) is 12.0 Å². The van der Waals surface area contributed by atoms with Crippen molar-refractivity contribution < 1.29 is 0 Å². The van der Waals surface area contributed by atoms with Gasteiger partial charge < -0.3 is 4.90 Å². The molecular weight excluding hydrogens is 250 g/mol. The van der Waals surface area contributed by atoms with E-state index >= 15 is 0 Å². The number of hydrogen-bond acceptors (Lipinski definition) is 5. The number of hydrogen-bond donors (Lipinski definition) is 2. The average molecular weight is 271 g/mol. The minimum absolute atomic E-state index is 0.485. The molecule has 2 aromatic rings. The van der Waals surface area contributed by atoms with Gasteiger partial charge in [-0.1, -0.05) is 19.1 Å². The fourth-order valence-corrected chi connectivity index (χ4v) is 3.05. The Balaban J connectivity index is 2.13. The van der Waals surface area contributed by atoms with Crippen LogP contribution in [0.4, 0.5) is 11.8 Å². The van der Waals surface area contributed by atoms with Crippen LogP contribution in [0.5, 0.6) is 0 Å². The molecule has 0 saturated carbocycles. The number of benzene rings is 1. The van der Waals surface area contributed by atoms with Gasteiger partial charge in [0, 0.05) is 18.0 Å². The number of hydrazine groups is 1. The summed E-state index contributed by atoms with van der Waals surface area (Å²) < 4.78 is 0. The second-order valence-electron chi connectivity index (χ2n) is 5.28. The molecule has 2 heterocycles. The molecule has 1 fully saturated rings. The molecule has 0 spiro atoms. The van der Waals surface area contributed by atoms with Crippen LogP contribution in [0.2, 0.25) is 0 Å². The van der Waals surface area contributed by atoms with Crippen LogP contribution < -0.4 is 16.2 Å². The van der Waals surface area contributed by atoms with Crippen LogP contribution >= 0.6 is 0 Å². The molecular formula is C15H21N5. The fraction of sp³-hybridized carbons (Fsp3) is 0.467. The second-order valence-corrected chi connectivity index (χ2v) is 5.28. The molecule has 3 rings (SSSR count). The number of nitrogens with one attached hydrogen (secondary N) is 1.